The van der Waals surface area contributed by atoms with Gasteiger partial charge in [0.15, 0.2) is 0 Å². The van der Waals surface area contributed by atoms with Crippen LogP contribution in [0.3, 0.4) is 0 Å². The average molecular weight is 602 g/mol. The highest BCUT2D eigenvalue weighted by Crippen LogP contribution is 2.53. The van der Waals surface area contributed by atoms with E-state index in [9.17, 15) is 0 Å². The molecule has 0 atom stereocenters. The molecule has 10 rings (SSSR count). The molecule has 47 heavy (non-hydrogen) atoms. The first-order valence-corrected chi connectivity index (χ1v) is 16.4. The van der Waals surface area contributed by atoms with Gasteiger partial charge in [-0.15, -0.1) is 0 Å². The van der Waals surface area contributed by atoms with Crippen LogP contribution < -0.4 is 0 Å². The molecule has 0 aliphatic heterocycles. The van der Waals surface area contributed by atoms with Crippen molar-refractivity contribution in [2.75, 3.05) is 0 Å². The van der Waals surface area contributed by atoms with Gasteiger partial charge in [0.1, 0.15) is 11.2 Å². The minimum atomic E-state index is -0.0749. The summed E-state index contributed by atoms with van der Waals surface area (Å²) < 4.78 is 8.48. The SMILES string of the molecule is CC1(C)c2ccccc2-c2ccc3c(c21)c1ccccc1n3-c1ccc(-c2ccc(-c3ccc4oc5ccccc5c4c3)cc2)cc1. The molecule has 0 N–H and O–H groups in total. The number of fused-ring (bicyclic) bond motifs is 10. The lowest BCUT2D eigenvalue weighted by molar-refractivity contribution is 0.666. The van der Waals surface area contributed by atoms with Crippen LogP contribution in [0.2, 0.25) is 0 Å². The highest BCUT2D eigenvalue weighted by Gasteiger charge is 2.37. The second kappa shape index (κ2) is 9.57. The Morgan fingerprint density at radius 1 is 0.468 bits per heavy atom. The van der Waals surface area contributed by atoms with Crippen LogP contribution in [0.1, 0.15) is 25.0 Å². The fourth-order valence-electron chi connectivity index (χ4n) is 8.17. The predicted octanol–water partition coefficient (Wildman–Crippen LogP) is 12.3. The Labute approximate surface area is 273 Å². The quantitative estimate of drug-likeness (QED) is 0.197. The van der Waals surface area contributed by atoms with Crippen molar-refractivity contribution in [3.05, 3.63) is 163 Å². The van der Waals surface area contributed by atoms with Crippen LogP contribution in [0.25, 0.3) is 82.8 Å². The van der Waals surface area contributed by atoms with Crippen molar-refractivity contribution in [1.29, 1.82) is 0 Å². The van der Waals surface area contributed by atoms with Crippen molar-refractivity contribution in [2.45, 2.75) is 19.3 Å². The number of hydrogen-bond donors (Lipinski definition) is 0. The van der Waals surface area contributed by atoms with Crippen molar-refractivity contribution < 1.29 is 4.42 Å². The summed E-state index contributed by atoms with van der Waals surface area (Å²) in [4.78, 5) is 0. The zero-order valence-corrected chi connectivity index (χ0v) is 26.3. The van der Waals surface area contributed by atoms with Crippen molar-refractivity contribution >= 4 is 43.7 Å². The maximum atomic E-state index is 6.04. The molecule has 0 bridgehead atoms. The van der Waals surface area contributed by atoms with Crippen LogP contribution >= 0.6 is 0 Å². The van der Waals surface area contributed by atoms with Gasteiger partial charge in [0.25, 0.3) is 0 Å². The first kappa shape index (κ1) is 26.4. The Bertz CT molecular complexity index is 2680. The van der Waals surface area contributed by atoms with Gasteiger partial charge in [0.2, 0.25) is 0 Å². The van der Waals surface area contributed by atoms with E-state index in [4.69, 9.17) is 4.42 Å². The molecule has 0 amide bonds. The van der Waals surface area contributed by atoms with Gasteiger partial charge in [-0.3, -0.25) is 0 Å². The highest BCUT2D eigenvalue weighted by molar-refractivity contribution is 6.14. The summed E-state index contributed by atoms with van der Waals surface area (Å²) in [6, 6.07) is 55.1. The first-order valence-electron chi connectivity index (χ1n) is 16.4. The largest absolute Gasteiger partial charge is 0.456 e. The van der Waals surface area contributed by atoms with Crippen LogP contribution in [-0.4, -0.2) is 4.57 Å². The molecule has 2 heteroatoms. The van der Waals surface area contributed by atoms with E-state index in [1.807, 2.05) is 12.1 Å². The van der Waals surface area contributed by atoms with Gasteiger partial charge in [-0.05, 0) is 87.0 Å². The Balaban J connectivity index is 1.04. The number of para-hydroxylation sites is 2. The predicted molar refractivity (Wildman–Crippen MR) is 196 cm³/mol. The molecule has 222 valence electrons. The lowest BCUT2D eigenvalue weighted by Gasteiger charge is -2.22. The molecule has 0 saturated heterocycles. The normalized spacial score (nSPS) is 13.5. The summed E-state index contributed by atoms with van der Waals surface area (Å²) in [6.45, 7) is 4.75. The maximum Gasteiger partial charge on any atom is 0.135 e. The van der Waals surface area contributed by atoms with Crippen LogP contribution in [0, 0.1) is 0 Å². The summed E-state index contributed by atoms with van der Waals surface area (Å²) in [5, 5.41) is 4.98. The van der Waals surface area contributed by atoms with Crippen molar-refractivity contribution in [3.8, 4) is 39.1 Å². The number of hydrogen-bond acceptors (Lipinski definition) is 1. The lowest BCUT2D eigenvalue weighted by Crippen LogP contribution is -2.15. The smallest absolute Gasteiger partial charge is 0.135 e. The molecule has 0 spiro atoms. The van der Waals surface area contributed by atoms with Gasteiger partial charge in [-0.1, -0.05) is 123 Å². The Kier molecular flexibility index (Phi) is 5.37. The minimum Gasteiger partial charge on any atom is -0.456 e. The van der Waals surface area contributed by atoms with E-state index < -0.39 is 0 Å². The van der Waals surface area contributed by atoms with Gasteiger partial charge >= 0.3 is 0 Å². The molecule has 2 nitrogen and oxygen atoms in total. The van der Waals surface area contributed by atoms with Crippen LogP contribution in [0.5, 0.6) is 0 Å². The lowest BCUT2D eigenvalue weighted by atomic mass is 9.80. The molecule has 0 saturated carbocycles. The summed E-state index contributed by atoms with van der Waals surface area (Å²) in [7, 11) is 0. The second-order valence-electron chi connectivity index (χ2n) is 13.3. The highest BCUT2D eigenvalue weighted by atomic mass is 16.3. The molecule has 1 aliphatic carbocycles. The fraction of sp³-hybridized carbons (Fsp3) is 0.0667. The van der Waals surface area contributed by atoms with E-state index in [1.54, 1.807) is 0 Å². The molecular formula is C45H31NO. The summed E-state index contributed by atoms with van der Waals surface area (Å²) in [5.74, 6) is 0. The van der Waals surface area contributed by atoms with E-state index in [1.165, 1.54) is 72.0 Å². The van der Waals surface area contributed by atoms with E-state index >= 15 is 0 Å². The topological polar surface area (TPSA) is 18.1 Å². The zero-order chi connectivity index (χ0) is 31.3. The van der Waals surface area contributed by atoms with Gasteiger partial charge < -0.3 is 8.98 Å². The first-order chi connectivity index (χ1) is 23.1. The third-order valence-electron chi connectivity index (χ3n) is 10.4. The minimum absolute atomic E-state index is 0.0749. The molecule has 0 unspecified atom stereocenters. The number of furan rings is 1. The van der Waals surface area contributed by atoms with E-state index in [-0.39, 0.29) is 5.41 Å². The molecule has 9 aromatic rings. The third-order valence-corrected chi connectivity index (χ3v) is 10.4. The molecule has 2 aromatic heterocycles. The van der Waals surface area contributed by atoms with Gasteiger partial charge in [-0.25, -0.2) is 0 Å². The summed E-state index contributed by atoms with van der Waals surface area (Å²) >= 11 is 0. The summed E-state index contributed by atoms with van der Waals surface area (Å²) in [6.07, 6.45) is 0. The fourth-order valence-corrected chi connectivity index (χ4v) is 8.17. The van der Waals surface area contributed by atoms with Crippen molar-refractivity contribution in [3.63, 3.8) is 0 Å². The average Bonchev–Trinajstić information content (AvgIpc) is 3.74. The van der Waals surface area contributed by atoms with E-state index in [0.29, 0.717) is 0 Å². The van der Waals surface area contributed by atoms with Crippen molar-refractivity contribution in [1.82, 2.24) is 4.57 Å². The van der Waals surface area contributed by atoms with E-state index in [0.717, 1.165) is 21.9 Å². The van der Waals surface area contributed by atoms with Crippen LogP contribution in [-0.2, 0) is 5.41 Å². The van der Waals surface area contributed by atoms with E-state index in [2.05, 4.69) is 158 Å². The third kappa shape index (κ3) is 3.73. The van der Waals surface area contributed by atoms with Gasteiger partial charge in [0, 0.05) is 32.6 Å². The van der Waals surface area contributed by atoms with Crippen LogP contribution in [0.15, 0.2) is 156 Å². The molecule has 1 aliphatic rings. The Hall–Kier alpha value is -5.86. The van der Waals surface area contributed by atoms with Gasteiger partial charge in [-0.2, -0.15) is 0 Å². The molecule has 2 heterocycles. The molecule has 0 fully saturated rings. The Morgan fingerprint density at radius 2 is 1.09 bits per heavy atom. The second-order valence-corrected chi connectivity index (χ2v) is 13.3. The summed E-state index contributed by atoms with van der Waals surface area (Å²) in [5.41, 5.74) is 15.8. The number of rotatable bonds is 3. The molecule has 0 radical (unpaired) electrons. The standard InChI is InChI=1S/C45H31NO/c1-45(2)38-12-6-3-9-33(38)35-24-25-40-43(44(35)45)36-11-4-7-13-39(36)46(40)32-22-19-29(20-23-32)28-15-17-30(18-16-28)31-21-26-42-37(27-31)34-10-5-8-14-41(34)47-42/h3-27H,1-2H3. The molecular weight excluding hydrogens is 571 g/mol. The number of nitrogens with zero attached hydrogens (tertiary/aromatic N) is 1. The number of aromatic nitrogens is 1. The Morgan fingerprint density at radius 3 is 1.89 bits per heavy atom. The molecule has 7 aromatic carbocycles. The van der Waals surface area contributed by atoms with Crippen LogP contribution in [0.4, 0.5) is 0 Å². The van der Waals surface area contributed by atoms with Crippen molar-refractivity contribution in [2.24, 2.45) is 0 Å². The number of benzene rings is 7. The zero-order valence-electron chi connectivity index (χ0n) is 26.3. The monoisotopic (exact) mass is 601 g/mol. The van der Waals surface area contributed by atoms with Gasteiger partial charge in [0.05, 0.1) is 11.0 Å². The maximum absolute atomic E-state index is 6.04.